The molecular weight excluding hydrogens is 324 g/mol. The Morgan fingerprint density at radius 3 is 1.19 bits per heavy atom. The molecule has 158 valence electrons. The predicted octanol–water partition coefficient (Wildman–Crippen LogP) is 5.85. The van der Waals surface area contributed by atoms with Crippen LogP contribution in [-0.2, 0) is 0 Å². The van der Waals surface area contributed by atoms with E-state index < -0.39 is 0 Å². The van der Waals surface area contributed by atoms with Crippen LogP contribution in [0.5, 0.6) is 0 Å². The quantitative estimate of drug-likeness (QED) is 0.265. The first kappa shape index (κ1) is 25.9. The molecule has 0 aliphatic rings. The van der Waals surface area contributed by atoms with Gasteiger partial charge in [0.1, 0.15) is 0 Å². The van der Waals surface area contributed by atoms with Gasteiger partial charge in [-0.15, -0.1) is 0 Å². The standard InChI is InChI=1S/C23H48O3/c1-22(2,19-24)17-13-9-5-7-11-15-21(26)16-12-8-6-10-14-18-23(3,4)20-25/h21,24-26H,5-20H2,1-4H3. The summed E-state index contributed by atoms with van der Waals surface area (Å²) < 4.78 is 0. The van der Waals surface area contributed by atoms with Crippen molar-refractivity contribution in [2.75, 3.05) is 13.2 Å². The van der Waals surface area contributed by atoms with Gasteiger partial charge in [-0.25, -0.2) is 0 Å². The van der Waals surface area contributed by atoms with Crippen LogP contribution in [0.2, 0.25) is 0 Å². The Bertz CT molecular complexity index is 283. The van der Waals surface area contributed by atoms with Gasteiger partial charge in [-0.3, -0.25) is 0 Å². The maximum absolute atomic E-state index is 10.1. The van der Waals surface area contributed by atoms with Gasteiger partial charge < -0.3 is 15.3 Å². The van der Waals surface area contributed by atoms with E-state index in [1.807, 2.05) is 0 Å². The summed E-state index contributed by atoms with van der Waals surface area (Å²) in [5, 5.41) is 28.5. The van der Waals surface area contributed by atoms with Crippen LogP contribution in [0.1, 0.15) is 118 Å². The topological polar surface area (TPSA) is 60.7 Å². The third-order valence-corrected chi connectivity index (χ3v) is 5.64. The second-order valence-corrected chi connectivity index (χ2v) is 9.91. The van der Waals surface area contributed by atoms with Crippen LogP contribution in [0.4, 0.5) is 0 Å². The van der Waals surface area contributed by atoms with Crippen molar-refractivity contribution < 1.29 is 15.3 Å². The fraction of sp³-hybridized carbons (Fsp3) is 1.00. The second-order valence-electron chi connectivity index (χ2n) is 9.91. The number of aliphatic hydroxyl groups excluding tert-OH is 3. The van der Waals surface area contributed by atoms with E-state index in [1.165, 1.54) is 51.4 Å². The van der Waals surface area contributed by atoms with Crippen LogP contribution >= 0.6 is 0 Å². The summed E-state index contributed by atoms with van der Waals surface area (Å²) in [6, 6.07) is 0. The molecule has 0 amide bonds. The average Bonchev–Trinajstić information content (AvgIpc) is 2.60. The van der Waals surface area contributed by atoms with Crippen LogP contribution in [0.15, 0.2) is 0 Å². The lowest BCUT2D eigenvalue weighted by Gasteiger charge is -2.21. The SMILES string of the molecule is CC(C)(CO)CCCCCCCC(O)CCCCCCCC(C)(C)CO. The first-order chi connectivity index (χ1) is 12.2. The van der Waals surface area contributed by atoms with E-state index in [9.17, 15) is 15.3 Å². The van der Waals surface area contributed by atoms with E-state index in [4.69, 9.17) is 0 Å². The van der Waals surface area contributed by atoms with E-state index in [2.05, 4.69) is 27.7 Å². The Morgan fingerprint density at radius 2 is 0.846 bits per heavy atom. The molecule has 0 spiro atoms. The molecule has 0 radical (unpaired) electrons. The molecule has 0 bridgehead atoms. The van der Waals surface area contributed by atoms with Crippen molar-refractivity contribution in [1.82, 2.24) is 0 Å². The molecular formula is C23H48O3. The number of unbranched alkanes of at least 4 members (excludes halogenated alkanes) is 8. The average molecular weight is 373 g/mol. The zero-order valence-electron chi connectivity index (χ0n) is 18.2. The predicted molar refractivity (Wildman–Crippen MR) is 112 cm³/mol. The normalized spacial score (nSPS) is 12.9. The van der Waals surface area contributed by atoms with Gasteiger partial charge in [-0.2, -0.15) is 0 Å². The van der Waals surface area contributed by atoms with E-state index in [1.54, 1.807) is 0 Å². The molecule has 0 aliphatic carbocycles. The Hall–Kier alpha value is -0.120. The lowest BCUT2D eigenvalue weighted by Crippen LogP contribution is -2.16. The van der Waals surface area contributed by atoms with Crippen molar-refractivity contribution in [2.45, 2.75) is 124 Å². The van der Waals surface area contributed by atoms with E-state index in [0.29, 0.717) is 0 Å². The summed E-state index contributed by atoms with van der Waals surface area (Å²) in [4.78, 5) is 0. The van der Waals surface area contributed by atoms with Crippen molar-refractivity contribution in [2.24, 2.45) is 10.8 Å². The number of hydrogen-bond acceptors (Lipinski definition) is 3. The molecule has 0 aliphatic heterocycles. The summed E-state index contributed by atoms with van der Waals surface area (Å²) in [5.41, 5.74) is 0.149. The van der Waals surface area contributed by atoms with Crippen LogP contribution < -0.4 is 0 Å². The van der Waals surface area contributed by atoms with Gasteiger partial charge in [0.05, 0.1) is 6.10 Å². The smallest absolute Gasteiger partial charge is 0.0540 e. The molecule has 0 heterocycles. The Labute approximate surface area is 163 Å². The van der Waals surface area contributed by atoms with Gasteiger partial charge in [-0.1, -0.05) is 91.9 Å². The molecule has 0 aromatic rings. The Balaban J connectivity index is 3.36. The molecule has 0 fully saturated rings. The summed E-state index contributed by atoms with van der Waals surface area (Å²) in [6.07, 6.45) is 16.1. The first-order valence-electron chi connectivity index (χ1n) is 11.1. The largest absolute Gasteiger partial charge is 0.396 e. The van der Waals surface area contributed by atoms with E-state index >= 15 is 0 Å². The Morgan fingerprint density at radius 1 is 0.538 bits per heavy atom. The Kier molecular flexibility index (Phi) is 14.8. The van der Waals surface area contributed by atoms with E-state index in [0.717, 1.165) is 38.5 Å². The molecule has 3 nitrogen and oxygen atoms in total. The van der Waals surface area contributed by atoms with Gasteiger partial charge >= 0.3 is 0 Å². The summed E-state index contributed by atoms with van der Waals surface area (Å²) in [7, 11) is 0. The van der Waals surface area contributed by atoms with Crippen molar-refractivity contribution in [1.29, 1.82) is 0 Å². The second kappa shape index (κ2) is 14.9. The van der Waals surface area contributed by atoms with E-state index in [-0.39, 0.29) is 30.1 Å². The van der Waals surface area contributed by atoms with Gasteiger partial charge in [0, 0.05) is 13.2 Å². The van der Waals surface area contributed by atoms with Crippen LogP contribution in [0.25, 0.3) is 0 Å². The van der Waals surface area contributed by atoms with Gasteiger partial charge in [0.25, 0.3) is 0 Å². The molecule has 0 aromatic heterocycles. The molecule has 0 rings (SSSR count). The maximum Gasteiger partial charge on any atom is 0.0540 e. The fourth-order valence-electron chi connectivity index (χ4n) is 3.33. The molecule has 0 unspecified atom stereocenters. The van der Waals surface area contributed by atoms with Crippen LogP contribution in [0.3, 0.4) is 0 Å². The maximum atomic E-state index is 10.1. The molecule has 0 saturated carbocycles. The lowest BCUT2D eigenvalue weighted by atomic mass is 9.88. The van der Waals surface area contributed by atoms with Crippen molar-refractivity contribution in [3.05, 3.63) is 0 Å². The number of rotatable bonds is 18. The van der Waals surface area contributed by atoms with Gasteiger partial charge in [0.2, 0.25) is 0 Å². The van der Waals surface area contributed by atoms with Crippen LogP contribution in [0, 0.1) is 10.8 Å². The van der Waals surface area contributed by atoms with Crippen molar-refractivity contribution in [3.8, 4) is 0 Å². The van der Waals surface area contributed by atoms with Crippen molar-refractivity contribution >= 4 is 0 Å². The number of hydrogen-bond donors (Lipinski definition) is 3. The third kappa shape index (κ3) is 16.1. The molecule has 3 N–H and O–H groups in total. The minimum Gasteiger partial charge on any atom is -0.396 e. The molecule has 26 heavy (non-hydrogen) atoms. The summed E-state index contributed by atoms with van der Waals surface area (Å²) in [6.45, 7) is 9.05. The highest BCUT2D eigenvalue weighted by Gasteiger charge is 2.16. The third-order valence-electron chi connectivity index (χ3n) is 5.64. The molecule has 0 atom stereocenters. The van der Waals surface area contributed by atoms with Crippen LogP contribution in [-0.4, -0.2) is 34.6 Å². The lowest BCUT2D eigenvalue weighted by molar-refractivity contribution is 0.143. The van der Waals surface area contributed by atoms with Crippen molar-refractivity contribution in [3.63, 3.8) is 0 Å². The number of aliphatic hydroxyl groups is 3. The molecule has 3 heteroatoms. The summed E-state index contributed by atoms with van der Waals surface area (Å²) in [5.74, 6) is 0. The molecule has 0 saturated heterocycles. The minimum absolute atomic E-state index is 0.0746. The highest BCUT2D eigenvalue weighted by atomic mass is 16.3. The summed E-state index contributed by atoms with van der Waals surface area (Å²) >= 11 is 0. The highest BCUT2D eigenvalue weighted by molar-refractivity contribution is 4.67. The molecule has 0 aromatic carbocycles. The monoisotopic (exact) mass is 372 g/mol. The minimum atomic E-state index is -0.114. The zero-order chi connectivity index (χ0) is 19.9. The van der Waals surface area contributed by atoms with Gasteiger partial charge in [-0.05, 0) is 36.5 Å². The first-order valence-corrected chi connectivity index (χ1v) is 11.1. The van der Waals surface area contributed by atoms with Gasteiger partial charge in [0.15, 0.2) is 0 Å². The highest BCUT2D eigenvalue weighted by Crippen LogP contribution is 2.24. The zero-order valence-corrected chi connectivity index (χ0v) is 18.2. The fourth-order valence-corrected chi connectivity index (χ4v) is 3.33.